The number of benzene rings is 1. The summed E-state index contributed by atoms with van der Waals surface area (Å²) in [6.45, 7) is 7.14. The molecule has 2 atom stereocenters. The molecular formula is C20H31N3O. The molecule has 24 heavy (non-hydrogen) atoms. The maximum absolute atomic E-state index is 12.9. The van der Waals surface area contributed by atoms with Gasteiger partial charge in [-0.2, -0.15) is 0 Å². The molecule has 1 aromatic rings. The Labute approximate surface area is 146 Å². The van der Waals surface area contributed by atoms with E-state index in [2.05, 4.69) is 40.1 Å². The summed E-state index contributed by atoms with van der Waals surface area (Å²) in [6.07, 6.45) is 4.56. The van der Waals surface area contributed by atoms with Gasteiger partial charge in [-0.25, -0.2) is 0 Å². The SMILES string of the molecule is CC(C)[C@H](N)C(=O)N(C1CC1)C1CCCN(Cc2ccccc2)C1. The predicted octanol–water partition coefficient (Wildman–Crippen LogP) is 2.63. The predicted molar refractivity (Wildman–Crippen MR) is 97.4 cm³/mol. The highest BCUT2D eigenvalue weighted by Gasteiger charge is 2.40. The molecule has 2 aliphatic rings. The van der Waals surface area contributed by atoms with Gasteiger partial charge in [0.15, 0.2) is 0 Å². The number of hydrogen-bond donors (Lipinski definition) is 1. The van der Waals surface area contributed by atoms with E-state index in [0.717, 1.165) is 45.3 Å². The Morgan fingerprint density at radius 3 is 2.54 bits per heavy atom. The van der Waals surface area contributed by atoms with E-state index in [1.807, 2.05) is 13.8 Å². The van der Waals surface area contributed by atoms with E-state index in [1.165, 1.54) is 5.56 Å². The standard InChI is InChI=1S/C20H31N3O/c1-15(2)19(21)20(24)23(17-10-11-17)18-9-6-12-22(14-18)13-16-7-4-3-5-8-16/h3-5,7-8,15,17-19H,6,9-14,21H2,1-2H3/t18?,19-/m0/s1. The van der Waals surface area contributed by atoms with Crippen LogP contribution in [0.15, 0.2) is 30.3 Å². The molecule has 3 rings (SSSR count). The summed E-state index contributed by atoms with van der Waals surface area (Å²) in [5.41, 5.74) is 7.54. The van der Waals surface area contributed by atoms with Crippen molar-refractivity contribution in [2.75, 3.05) is 13.1 Å². The van der Waals surface area contributed by atoms with Gasteiger partial charge in [-0.15, -0.1) is 0 Å². The minimum atomic E-state index is -0.366. The van der Waals surface area contributed by atoms with Crippen molar-refractivity contribution in [3.05, 3.63) is 35.9 Å². The lowest BCUT2D eigenvalue weighted by Crippen LogP contribution is -2.56. The van der Waals surface area contributed by atoms with Crippen LogP contribution in [0.4, 0.5) is 0 Å². The van der Waals surface area contributed by atoms with Gasteiger partial charge in [0.2, 0.25) is 5.91 Å². The van der Waals surface area contributed by atoms with Crippen LogP contribution < -0.4 is 5.73 Å². The van der Waals surface area contributed by atoms with Crippen molar-refractivity contribution < 1.29 is 4.79 Å². The average Bonchev–Trinajstić information content (AvgIpc) is 3.40. The smallest absolute Gasteiger partial charge is 0.240 e. The van der Waals surface area contributed by atoms with Gasteiger partial charge < -0.3 is 10.6 Å². The number of carbonyl (C=O) groups is 1. The van der Waals surface area contributed by atoms with Crippen LogP contribution in [0.1, 0.15) is 45.1 Å². The number of piperidine rings is 1. The monoisotopic (exact) mass is 329 g/mol. The first-order chi connectivity index (χ1) is 11.6. The van der Waals surface area contributed by atoms with Crippen molar-refractivity contribution in [1.82, 2.24) is 9.80 Å². The maximum Gasteiger partial charge on any atom is 0.240 e. The second kappa shape index (κ2) is 7.66. The molecule has 2 fully saturated rings. The summed E-state index contributed by atoms with van der Waals surface area (Å²) in [4.78, 5) is 17.6. The molecular weight excluding hydrogens is 298 g/mol. The Morgan fingerprint density at radius 1 is 1.21 bits per heavy atom. The Balaban J connectivity index is 1.66. The molecule has 4 heteroatoms. The van der Waals surface area contributed by atoms with Gasteiger partial charge in [-0.05, 0) is 43.7 Å². The Hall–Kier alpha value is -1.39. The highest BCUT2D eigenvalue weighted by molar-refractivity contribution is 5.82. The molecule has 4 nitrogen and oxygen atoms in total. The molecule has 1 amide bonds. The molecule has 1 aliphatic carbocycles. The van der Waals surface area contributed by atoms with Crippen LogP contribution in [-0.4, -0.2) is 46.9 Å². The highest BCUT2D eigenvalue weighted by atomic mass is 16.2. The Kier molecular flexibility index (Phi) is 5.57. The zero-order valence-corrected chi connectivity index (χ0v) is 15.0. The minimum absolute atomic E-state index is 0.166. The molecule has 1 saturated heterocycles. The third-order valence-corrected chi connectivity index (χ3v) is 5.32. The maximum atomic E-state index is 12.9. The van der Waals surface area contributed by atoms with E-state index in [1.54, 1.807) is 0 Å². The van der Waals surface area contributed by atoms with Crippen LogP contribution in [0.2, 0.25) is 0 Å². The first kappa shape index (κ1) is 17.4. The van der Waals surface area contributed by atoms with Crippen LogP contribution in [0, 0.1) is 5.92 Å². The van der Waals surface area contributed by atoms with Gasteiger partial charge in [-0.1, -0.05) is 44.2 Å². The quantitative estimate of drug-likeness (QED) is 0.873. The van der Waals surface area contributed by atoms with Crippen LogP contribution in [0.3, 0.4) is 0 Å². The summed E-state index contributed by atoms with van der Waals surface area (Å²) >= 11 is 0. The molecule has 1 saturated carbocycles. The van der Waals surface area contributed by atoms with Crippen LogP contribution >= 0.6 is 0 Å². The number of hydrogen-bond acceptors (Lipinski definition) is 3. The van der Waals surface area contributed by atoms with E-state index in [4.69, 9.17) is 5.73 Å². The summed E-state index contributed by atoms with van der Waals surface area (Å²) in [7, 11) is 0. The minimum Gasteiger partial charge on any atom is -0.334 e. The van der Waals surface area contributed by atoms with E-state index in [0.29, 0.717) is 12.1 Å². The lowest BCUT2D eigenvalue weighted by Gasteiger charge is -2.41. The van der Waals surface area contributed by atoms with Gasteiger partial charge in [0.1, 0.15) is 0 Å². The van der Waals surface area contributed by atoms with Crippen molar-refractivity contribution in [3.63, 3.8) is 0 Å². The fraction of sp³-hybridized carbons (Fsp3) is 0.650. The number of amides is 1. The molecule has 0 bridgehead atoms. The molecule has 1 aliphatic heterocycles. The first-order valence-corrected chi connectivity index (χ1v) is 9.40. The second-order valence-electron chi connectivity index (χ2n) is 7.76. The van der Waals surface area contributed by atoms with Gasteiger partial charge in [-0.3, -0.25) is 9.69 Å². The zero-order valence-electron chi connectivity index (χ0n) is 15.0. The van der Waals surface area contributed by atoms with E-state index in [-0.39, 0.29) is 17.9 Å². The molecule has 0 aromatic heterocycles. The van der Waals surface area contributed by atoms with Crippen LogP contribution in [-0.2, 0) is 11.3 Å². The largest absolute Gasteiger partial charge is 0.334 e. The van der Waals surface area contributed by atoms with E-state index in [9.17, 15) is 4.79 Å². The zero-order chi connectivity index (χ0) is 17.1. The Morgan fingerprint density at radius 2 is 1.92 bits per heavy atom. The molecule has 1 heterocycles. The van der Waals surface area contributed by atoms with Crippen molar-refractivity contribution in [1.29, 1.82) is 0 Å². The fourth-order valence-electron chi connectivity index (χ4n) is 3.71. The average molecular weight is 329 g/mol. The molecule has 1 unspecified atom stereocenters. The summed E-state index contributed by atoms with van der Waals surface area (Å²) < 4.78 is 0. The third-order valence-electron chi connectivity index (χ3n) is 5.32. The number of nitrogens with zero attached hydrogens (tertiary/aromatic N) is 2. The van der Waals surface area contributed by atoms with Crippen LogP contribution in [0.5, 0.6) is 0 Å². The van der Waals surface area contributed by atoms with Gasteiger partial charge in [0, 0.05) is 25.2 Å². The number of carbonyl (C=O) groups excluding carboxylic acids is 1. The Bertz CT molecular complexity index is 541. The molecule has 132 valence electrons. The summed E-state index contributed by atoms with van der Waals surface area (Å²) in [5.74, 6) is 0.363. The number of rotatable bonds is 6. The van der Waals surface area contributed by atoms with E-state index >= 15 is 0 Å². The molecule has 2 N–H and O–H groups in total. The molecule has 1 aromatic carbocycles. The van der Waals surface area contributed by atoms with Crippen molar-refractivity contribution in [2.24, 2.45) is 11.7 Å². The highest BCUT2D eigenvalue weighted by Crippen LogP contribution is 2.32. The van der Waals surface area contributed by atoms with E-state index < -0.39 is 0 Å². The lowest BCUT2D eigenvalue weighted by molar-refractivity contribution is -0.138. The first-order valence-electron chi connectivity index (χ1n) is 9.40. The van der Waals surface area contributed by atoms with Crippen LogP contribution in [0.25, 0.3) is 0 Å². The fourth-order valence-corrected chi connectivity index (χ4v) is 3.71. The number of nitrogens with two attached hydrogens (primary N) is 1. The molecule has 0 spiro atoms. The number of likely N-dealkylation sites (tertiary alicyclic amines) is 1. The van der Waals surface area contributed by atoms with Crippen molar-refractivity contribution in [2.45, 2.75) is 64.2 Å². The van der Waals surface area contributed by atoms with Gasteiger partial charge in [0.25, 0.3) is 0 Å². The second-order valence-corrected chi connectivity index (χ2v) is 7.76. The summed E-state index contributed by atoms with van der Waals surface area (Å²) in [6, 6.07) is 11.0. The van der Waals surface area contributed by atoms with Crippen molar-refractivity contribution in [3.8, 4) is 0 Å². The molecule has 0 radical (unpaired) electrons. The van der Waals surface area contributed by atoms with Gasteiger partial charge in [0.05, 0.1) is 6.04 Å². The normalized spacial score (nSPS) is 23.2. The van der Waals surface area contributed by atoms with Crippen molar-refractivity contribution >= 4 is 5.91 Å². The lowest BCUT2D eigenvalue weighted by atomic mass is 9.99. The third kappa shape index (κ3) is 4.17. The summed E-state index contributed by atoms with van der Waals surface area (Å²) in [5, 5.41) is 0. The topological polar surface area (TPSA) is 49.6 Å². The van der Waals surface area contributed by atoms with Gasteiger partial charge >= 0.3 is 0 Å².